The molecule has 1 atom stereocenters. The summed E-state index contributed by atoms with van der Waals surface area (Å²) in [7, 11) is 0. The molecule has 7 heteroatoms. The number of hydrogen-bond acceptors (Lipinski definition) is 4. The summed E-state index contributed by atoms with van der Waals surface area (Å²) < 4.78 is 5.54. The van der Waals surface area contributed by atoms with Crippen LogP contribution >= 0.6 is 0 Å². The molecule has 0 bridgehead atoms. The lowest BCUT2D eigenvalue weighted by atomic mass is 9.93. The third-order valence-electron chi connectivity index (χ3n) is 6.71. The van der Waals surface area contributed by atoms with Crippen molar-refractivity contribution < 1.29 is 24.2 Å². The summed E-state index contributed by atoms with van der Waals surface area (Å²) in [6.45, 7) is 3.34. The molecule has 0 spiro atoms. The maximum absolute atomic E-state index is 12.7. The highest BCUT2D eigenvalue weighted by atomic mass is 16.5. The van der Waals surface area contributed by atoms with Crippen molar-refractivity contribution in [1.29, 1.82) is 0 Å². The Labute approximate surface area is 193 Å². The number of rotatable bonds is 7. The fraction of sp³-hybridized carbons (Fsp3) is 0.423. The van der Waals surface area contributed by atoms with Gasteiger partial charge in [-0.3, -0.25) is 9.59 Å². The number of fused-ring (bicyclic) bond motifs is 3. The van der Waals surface area contributed by atoms with Gasteiger partial charge in [0.1, 0.15) is 6.61 Å². The second-order valence-electron chi connectivity index (χ2n) is 8.97. The molecule has 1 aliphatic carbocycles. The quantitative estimate of drug-likeness (QED) is 0.668. The molecule has 174 valence electrons. The van der Waals surface area contributed by atoms with Crippen LogP contribution in [-0.2, 0) is 14.3 Å². The Morgan fingerprint density at radius 2 is 1.61 bits per heavy atom. The zero-order chi connectivity index (χ0) is 23.4. The van der Waals surface area contributed by atoms with E-state index in [1.807, 2.05) is 24.3 Å². The number of hydrogen-bond donors (Lipinski definition) is 2. The largest absolute Gasteiger partial charge is 0.481 e. The van der Waals surface area contributed by atoms with Crippen molar-refractivity contribution in [1.82, 2.24) is 10.2 Å². The van der Waals surface area contributed by atoms with E-state index in [-0.39, 0.29) is 43.2 Å². The lowest BCUT2D eigenvalue weighted by molar-refractivity contribution is -0.139. The number of carbonyl (C=O) groups excluding carboxylic acids is 2. The van der Waals surface area contributed by atoms with Gasteiger partial charge in [-0.25, -0.2) is 4.79 Å². The molecule has 2 aromatic carbocycles. The highest BCUT2D eigenvalue weighted by molar-refractivity contribution is 5.80. The predicted molar refractivity (Wildman–Crippen MR) is 124 cm³/mol. The monoisotopic (exact) mass is 450 g/mol. The number of nitrogens with one attached hydrogen (secondary N) is 1. The van der Waals surface area contributed by atoms with Crippen LogP contribution in [-0.4, -0.2) is 54.2 Å². The molecule has 1 aliphatic heterocycles. The van der Waals surface area contributed by atoms with E-state index in [4.69, 9.17) is 9.84 Å². The number of likely N-dealkylation sites (tertiary alicyclic amines) is 1. The summed E-state index contributed by atoms with van der Waals surface area (Å²) in [5.41, 5.74) is 4.66. The first-order chi connectivity index (χ1) is 15.9. The van der Waals surface area contributed by atoms with Crippen LogP contribution < -0.4 is 5.32 Å². The number of carboxylic acid groups (broad SMARTS) is 1. The van der Waals surface area contributed by atoms with Gasteiger partial charge in [-0.1, -0.05) is 55.5 Å². The second kappa shape index (κ2) is 10.1. The van der Waals surface area contributed by atoms with Crippen molar-refractivity contribution >= 4 is 18.0 Å². The highest BCUT2D eigenvalue weighted by Gasteiger charge is 2.30. The molecule has 0 saturated carbocycles. The van der Waals surface area contributed by atoms with Gasteiger partial charge in [-0.2, -0.15) is 0 Å². The number of aliphatic carboxylic acids is 1. The van der Waals surface area contributed by atoms with Gasteiger partial charge >= 0.3 is 12.1 Å². The van der Waals surface area contributed by atoms with Gasteiger partial charge < -0.3 is 20.1 Å². The Kier molecular flexibility index (Phi) is 6.96. The minimum absolute atomic E-state index is 0.00527. The average Bonchev–Trinajstić information content (AvgIpc) is 3.14. The highest BCUT2D eigenvalue weighted by Crippen LogP contribution is 2.44. The van der Waals surface area contributed by atoms with E-state index in [1.54, 1.807) is 11.8 Å². The molecule has 2 amide bonds. The molecule has 33 heavy (non-hydrogen) atoms. The predicted octanol–water partition coefficient (Wildman–Crippen LogP) is 3.87. The van der Waals surface area contributed by atoms with Gasteiger partial charge in [0.25, 0.3) is 0 Å². The molecule has 4 rings (SSSR count). The van der Waals surface area contributed by atoms with Crippen LogP contribution in [0.5, 0.6) is 0 Å². The molecule has 0 aromatic heterocycles. The summed E-state index contributed by atoms with van der Waals surface area (Å²) in [5.74, 6) is -1.07. The summed E-state index contributed by atoms with van der Waals surface area (Å²) >= 11 is 0. The second-order valence-corrected chi connectivity index (χ2v) is 8.97. The van der Waals surface area contributed by atoms with Crippen molar-refractivity contribution in [2.75, 3.05) is 26.2 Å². The first-order valence-corrected chi connectivity index (χ1v) is 11.5. The van der Waals surface area contributed by atoms with E-state index < -0.39 is 12.1 Å². The van der Waals surface area contributed by atoms with Crippen LogP contribution in [0.2, 0.25) is 0 Å². The van der Waals surface area contributed by atoms with Gasteiger partial charge in [0.2, 0.25) is 5.91 Å². The molecule has 7 nitrogen and oxygen atoms in total. The van der Waals surface area contributed by atoms with Gasteiger partial charge in [0.05, 0.1) is 5.92 Å². The molecule has 2 aliphatic rings. The van der Waals surface area contributed by atoms with Crippen molar-refractivity contribution in [3.63, 3.8) is 0 Å². The molecular weight excluding hydrogens is 420 g/mol. The first kappa shape index (κ1) is 22.8. The van der Waals surface area contributed by atoms with Gasteiger partial charge in [0, 0.05) is 32.0 Å². The van der Waals surface area contributed by atoms with Gasteiger partial charge in [-0.15, -0.1) is 0 Å². The molecule has 1 fully saturated rings. The molecule has 2 N–H and O–H groups in total. The average molecular weight is 451 g/mol. The number of nitrogens with zero attached hydrogens (tertiary/aromatic N) is 1. The number of alkyl carbamates (subject to hydrolysis) is 1. The molecular formula is C26H30N2O5. The first-order valence-electron chi connectivity index (χ1n) is 11.5. The summed E-state index contributed by atoms with van der Waals surface area (Å²) in [5, 5.41) is 11.7. The van der Waals surface area contributed by atoms with E-state index in [9.17, 15) is 14.4 Å². The minimum Gasteiger partial charge on any atom is -0.481 e. The van der Waals surface area contributed by atoms with Crippen LogP contribution in [0.25, 0.3) is 11.1 Å². The van der Waals surface area contributed by atoms with Crippen LogP contribution in [0.1, 0.15) is 43.2 Å². The standard InChI is InChI=1S/C26H30N2O5/c1-17(25(31)28-12-10-18(11-13-28)14-24(29)30)15-27-26(32)33-16-23-21-8-4-2-6-19(21)20-7-3-5-9-22(20)23/h2-9,17-18,23H,10-16H2,1H3,(H,27,32)(H,29,30). The molecule has 1 heterocycles. The molecule has 1 saturated heterocycles. The van der Waals surface area contributed by atoms with Gasteiger partial charge in [0.15, 0.2) is 0 Å². The van der Waals surface area contributed by atoms with E-state index in [1.165, 1.54) is 11.1 Å². The van der Waals surface area contributed by atoms with Crippen molar-refractivity contribution in [3.8, 4) is 11.1 Å². The molecule has 2 aromatic rings. The maximum atomic E-state index is 12.7. The number of amides is 2. The SMILES string of the molecule is CC(CNC(=O)OCC1c2ccccc2-c2ccccc21)C(=O)N1CCC(CC(=O)O)CC1. The zero-order valence-corrected chi connectivity index (χ0v) is 18.8. The van der Waals surface area contributed by atoms with Crippen molar-refractivity contribution in [3.05, 3.63) is 59.7 Å². The Morgan fingerprint density at radius 1 is 1.03 bits per heavy atom. The minimum atomic E-state index is -0.791. The van der Waals surface area contributed by atoms with Crippen LogP contribution in [0, 0.1) is 11.8 Å². The van der Waals surface area contributed by atoms with Crippen LogP contribution in [0.15, 0.2) is 48.5 Å². The van der Waals surface area contributed by atoms with E-state index in [2.05, 4.69) is 29.6 Å². The van der Waals surface area contributed by atoms with Crippen LogP contribution in [0.3, 0.4) is 0 Å². The smallest absolute Gasteiger partial charge is 0.407 e. The Bertz CT molecular complexity index is 983. The van der Waals surface area contributed by atoms with E-state index in [0.29, 0.717) is 25.9 Å². The normalized spacial score (nSPS) is 16.6. The number of benzene rings is 2. The van der Waals surface area contributed by atoms with E-state index >= 15 is 0 Å². The van der Waals surface area contributed by atoms with E-state index in [0.717, 1.165) is 11.1 Å². The summed E-state index contributed by atoms with van der Waals surface area (Å²) in [4.78, 5) is 37.7. The van der Waals surface area contributed by atoms with Crippen molar-refractivity contribution in [2.24, 2.45) is 11.8 Å². The third-order valence-corrected chi connectivity index (χ3v) is 6.71. The van der Waals surface area contributed by atoms with Crippen molar-refractivity contribution in [2.45, 2.75) is 32.1 Å². The third kappa shape index (κ3) is 5.18. The van der Waals surface area contributed by atoms with Crippen LogP contribution in [0.4, 0.5) is 4.79 Å². The summed E-state index contributed by atoms with van der Waals surface area (Å²) in [6.07, 6.45) is 1.02. The molecule has 0 radical (unpaired) electrons. The fourth-order valence-corrected chi connectivity index (χ4v) is 4.89. The van der Waals surface area contributed by atoms with Gasteiger partial charge in [-0.05, 0) is 41.0 Å². The number of ether oxygens (including phenoxy) is 1. The number of carboxylic acids is 1. The molecule has 1 unspecified atom stereocenters. The maximum Gasteiger partial charge on any atom is 0.407 e. The summed E-state index contributed by atoms with van der Waals surface area (Å²) in [6, 6.07) is 16.3. The Balaban J connectivity index is 1.25. The lowest BCUT2D eigenvalue weighted by Gasteiger charge is -2.33. The lowest BCUT2D eigenvalue weighted by Crippen LogP contribution is -2.44. The fourth-order valence-electron chi connectivity index (χ4n) is 4.89. The Hall–Kier alpha value is -3.35. The Morgan fingerprint density at radius 3 is 2.18 bits per heavy atom. The topological polar surface area (TPSA) is 95.9 Å². The number of carbonyl (C=O) groups is 3. The number of piperidine rings is 1. The zero-order valence-electron chi connectivity index (χ0n) is 18.8.